The molecule has 0 N–H and O–H groups in total. The monoisotopic (exact) mass is 600 g/mol. The minimum absolute atomic E-state index is 0.135. The molecule has 7 nitrogen and oxygen atoms in total. The average molecular weight is 602 g/mol. The highest BCUT2D eigenvalue weighted by Crippen LogP contribution is 2.60. The lowest BCUT2D eigenvalue weighted by Crippen LogP contribution is -2.20. The zero-order chi connectivity index (χ0) is 29.8. The van der Waals surface area contributed by atoms with Gasteiger partial charge in [-0.1, -0.05) is 67.4 Å². The molecule has 1 aliphatic rings. The fourth-order valence-corrected chi connectivity index (χ4v) is 5.92. The molecule has 1 aliphatic carbocycles. The topological polar surface area (TPSA) is 72.5 Å². The molecule has 2 unspecified atom stereocenters. The number of benzene rings is 3. The maximum absolute atomic E-state index is 13.3. The SMILES string of the molecule is COc1c(Cl)c2c(c(OC)c1OC)-c1c(c(Cl)c(OC)c(OC)c1OC(=O)/C=C/c1ccccc1)CC(C)C(C)C2. The number of hydrogen-bond donors (Lipinski definition) is 0. The highest BCUT2D eigenvalue weighted by molar-refractivity contribution is 6.35. The van der Waals surface area contributed by atoms with E-state index >= 15 is 0 Å². The number of carbonyl (C=O) groups is 1. The van der Waals surface area contributed by atoms with Gasteiger partial charge in [0.25, 0.3) is 0 Å². The first-order valence-corrected chi connectivity index (χ1v) is 13.9. The van der Waals surface area contributed by atoms with Crippen molar-refractivity contribution >= 4 is 35.2 Å². The maximum atomic E-state index is 13.3. The van der Waals surface area contributed by atoms with Crippen LogP contribution in [0.4, 0.5) is 0 Å². The fraction of sp³-hybridized carbons (Fsp3) is 0.344. The minimum Gasteiger partial charge on any atom is -0.492 e. The Hall–Kier alpha value is -3.55. The van der Waals surface area contributed by atoms with Crippen LogP contribution in [0.15, 0.2) is 36.4 Å². The van der Waals surface area contributed by atoms with E-state index in [1.54, 1.807) is 6.08 Å². The largest absolute Gasteiger partial charge is 0.492 e. The first-order valence-electron chi connectivity index (χ1n) is 13.1. The van der Waals surface area contributed by atoms with Gasteiger partial charge in [-0.25, -0.2) is 4.79 Å². The fourth-order valence-electron chi connectivity index (χ4n) is 5.25. The minimum atomic E-state index is -0.616. The lowest BCUT2D eigenvalue weighted by Gasteiger charge is -2.32. The highest BCUT2D eigenvalue weighted by Gasteiger charge is 2.37. The molecule has 0 amide bonds. The van der Waals surface area contributed by atoms with E-state index in [0.717, 1.165) is 11.1 Å². The number of esters is 1. The van der Waals surface area contributed by atoms with E-state index in [2.05, 4.69) is 13.8 Å². The standard InChI is InChI=1S/C32H34Cl2O7/c1-17-15-20-23(27(36-3)31(39-6)29(37-4)25(20)33)24-21(16-18(17)2)26(34)30(38-5)32(40-7)28(24)41-22(35)14-13-19-11-9-8-10-12-19/h8-14,17-18H,15-16H2,1-7H3/b14-13+. The molecule has 3 aromatic carbocycles. The predicted molar refractivity (Wildman–Crippen MR) is 162 cm³/mol. The van der Waals surface area contributed by atoms with Gasteiger partial charge in [-0.15, -0.1) is 0 Å². The molecule has 0 saturated heterocycles. The number of hydrogen-bond acceptors (Lipinski definition) is 7. The number of rotatable bonds is 8. The Morgan fingerprint density at radius 2 is 1.12 bits per heavy atom. The van der Waals surface area contributed by atoms with Crippen molar-refractivity contribution in [2.75, 3.05) is 35.5 Å². The number of methoxy groups -OCH3 is 5. The third-order valence-electron chi connectivity index (χ3n) is 7.52. The third-order valence-corrected chi connectivity index (χ3v) is 8.32. The molecule has 4 rings (SSSR count). The van der Waals surface area contributed by atoms with E-state index in [0.29, 0.717) is 56.8 Å². The molecule has 0 radical (unpaired) electrons. The molecule has 9 heteroatoms. The Labute approximate surface area is 250 Å². The second kappa shape index (κ2) is 13.0. The zero-order valence-corrected chi connectivity index (χ0v) is 25.7. The van der Waals surface area contributed by atoms with Gasteiger partial charge < -0.3 is 28.4 Å². The average Bonchev–Trinajstić information content (AvgIpc) is 2.97. The van der Waals surface area contributed by atoms with Gasteiger partial charge in [0.05, 0.1) is 45.6 Å². The van der Waals surface area contributed by atoms with Crippen LogP contribution in [0.2, 0.25) is 10.0 Å². The summed E-state index contributed by atoms with van der Waals surface area (Å²) in [4.78, 5) is 13.3. The van der Waals surface area contributed by atoms with E-state index in [4.69, 9.17) is 51.6 Å². The van der Waals surface area contributed by atoms with E-state index in [-0.39, 0.29) is 29.1 Å². The lowest BCUT2D eigenvalue weighted by atomic mass is 9.77. The van der Waals surface area contributed by atoms with Crippen LogP contribution in [0.3, 0.4) is 0 Å². The molecule has 0 fully saturated rings. The van der Waals surface area contributed by atoms with Crippen molar-refractivity contribution in [3.05, 3.63) is 63.1 Å². The summed E-state index contributed by atoms with van der Waals surface area (Å²) in [6.45, 7) is 4.30. The summed E-state index contributed by atoms with van der Waals surface area (Å²) in [7, 11) is 7.52. The van der Waals surface area contributed by atoms with Gasteiger partial charge in [0.2, 0.25) is 11.5 Å². The van der Waals surface area contributed by atoms with Crippen LogP contribution in [0.5, 0.6) is 34.5 Å². The summed E-state index contributed by atoms with van der Waals surface area (Å²) in [5.41, 5.74) is 3.41. The van der Waals surface area contributed by atoms with Crippen molar-refractivity contribution in [1.82, 2.24) is 0 Å². The van der Waals surface area contributed by atoms with Crippen molar-refractivity contribution in [1.29, 1.82) is 0 Å². The number of fused-ring (bicyclic) bond motifs is 3. The second-order valence-corrected chi connectivity index (χ2v) is 10.6. The van der Waals surface area contributed by atoms with E-state index in [1.165, 1.54) is 41.6 Å². The van der Waals surface area contributed by atoms with Gasteiger partial charge in [-0.3, -0.25) is 0 Å². The molecule has 2 atom stereocenters. The van der Waals surface area contributed by atoms with Crippen LogP contribution in [-0.2, 0) is 17.6 Å². The first-order chi connectivity index (χ1) is 19.7. The van der Waals surface area contributed by atoms with Crippen LogP contribution in [0.25, 0.3) is 17.2 Å². The summed E-state index contributed by atoms with van der Waals surface area (Å²) in [5, 5.41) is 0.720. The van der Waals surface area contributed by atoms with Crippen LogP contribution in [0, 0.1) is 11.8 Å². The van der Waals surface area contributed by atoms with Crippen LogP contribution < -0.4 is 28.4 Å². The van der Waals surface area contributed by atoms with Gasteiger partial charge in [0, 0.05) is 17.2 Å². The Morgan fingerprint density at radius 3 is 1.59 bits per heavy atom. The molecule has 0 saturated carbocycles. The Morgan fingerprint density at radius 1 is 0.683 bits per heavy atom. The normalized spacial score (nSPS) is 16.2. The summed E-state index contributed by atoms with van der Waals surface area (Å²) in [5.74, 6) is 1.34. The Bertz CT molecular complexity index is 1470. The van der Waals surface area contributed by atoms with Crippen molar-refractivity contribution in [2.45, 2.75) is 26.7 Å². The summed E-state index contributed by atoms with van der Waals surface area (Å²) in [6, 6.07) is 9.45. The third kappa shape index (κ3) is 5.66. The molecule has 0 aromatic heterocycles. The maximum Gasteiger partial charge on any atom is 0.336 e. The van der Waals surface area contributed by atoms with Crippen molar-refractivity contribution < 1.29 is 33.2 Å². The highest BCUT2D eigenvalue weighted by atomic mass is 35.5. The van der Waals surface area contributed by atoms with Crippen molar-refractivity contribution in [3.8, 4) is 45.6 Å². The molecule has 0 heterocycles. The Balaban J connectivity index is 2.10. The quantitative estimate of drug-likeness (QED) is 0.149. The van der Waals surface area contributed by atoms with E-state index < -0.39 is 5.97 Å². The zero-order valence-electron chi connectivity index (χ0n) is 24.2. The first kappa shape index (κ1) is 30.4. The Kier molecular flexibility index (Phi) is 9.61. The molecule has 41 heavy (non-hydrogen) atoms. The number of carbonyl (C=O) groups excluding carboxylic acids is 1. The summed E-state index contributed by atoms with van der Waals surface area (Å²) >= 11 is 14.1. The predicted octanol–water partition coefficient (Wildman–Crippen LogP) is 7.69. The van der Waals surface area contributed by atoms with Crippen LogP contribution in [-0.4, -0.2) is 41.5 Å². The van der Waals surface area contributed by atoms with E-state index in [9.17, 15) is 4.79 Å². The summed E-state index contributed by atoms with van der Waals surface area (Å²) in [6.07, 6.45) is 4.19. The number of halogens is 2. The van der Waals surface area contributed by atoms with Crippen molar-refractivity contribution in [2.24, 2.45) is 11.8 Å². The molecule has 0 aliphatic heterocycles. The molecule has 3 aromatic rings. The molecule has 0 spiro atoms. The smallest absolute Gasteiger partial charge is 0.336 e. The molecule has 0 bridgehead atoms. The van der Waals surface area contributed by atoms with Gasteiger partial charge in [0.15, 0.2) is 23.0 Å². The number of ether oxygens (including phenoxy) is 6. The van der Waals surface area contributed by atoms with Gasteiger partial charge in [-0.2, -0.15) is 0 Å². The molecular formula is C32H34Cl2O7. The second-order valence-electron chi connectivity index (χ2n) is 9.86. The van der Waals surface area contributed by atoms with Gasteiger partial charge in [-0.05, 0) is 47.4 Å². The summed E-state index contributed by atoms with van der Waals surface area (Å²) < 4.78 is 34.9. The molecule has 218 valence electrons. The van der Waals surface area contributed by atoms with Gasteiger partial charge >= 0.3 is 5.97 Å². The van der Waals surface area contributed by atoms with Crippen LogP contribution in [0.1, 0.15) is 30.5 Å². The van der Waals surface area contributed by atoms with Gasteiger partial charge in [0.1, 0.15) is 0 Å². The van der Waals surface area contributed by atoms with Crippen molar-refractivity contribution in [3.63, 3.8) is 0 Å². The lowest BCUT2D eigenvalue weighted by molar-refractivity contribution is -0.129. The van der Waals surface area contributed by atoms with E-state index in [1.807, 2.05) is 30.3 Å². The molecular weight excluding hydrogens is 567 g/mol. The van der Waals surface area contributed by atoms with Crippen LogP contribution >= 0.6 is 23.2 Å².